The first kappa shape index (κ1) is 6.66. The molecule has 0 aromatic heterocycles. The van der Waals surface area contributed by atoms with E-state index in [9.17, 15) is 0 Å². The molecule has 0 rings (SSSR count). The van der Waals surface area contributed by atoms with Gasteiger partial charge in [0.2, 0.25) is 0 Å². The zero-order valence-corrected chi connectivity index (χ0v) is 5.57. The third-order valence-electron chi connectivity index (χ3n) is 0.281. The summed E-state index contributed by atoms with van der Waals surface area (Å²) >= 11 is 0. The van der Waals surface area contributed by atoms with Gasteiger partial charge in [0.25, 0.3) is 0 Å². The smallest absolute Gasteiger partial charge is 0.00933 e. The lowest BCUT2D eigenvalue weighted by atomic mass is 11.9. The lowest BCUT2D eigenvalue weighted by Crippen LogP contribution is -1.80. The van der Waals surface area contributed by atoms with Crippen molar-refractivity contribution in [2.45, 2.75) is 0 Å². The molecule has 0 atom stereocenters. The van der Waals surface area contributed by atoms with Crippen molar-refractivity contribution in [3.05, 3.63) is 10.4 Å². The third kappa shape index (κ3) is 5.66. The fourth-order valence-electron chi connectivity index (χ4n) is 0.110. The van der Waals surface area contributed by atoms with Gasteiger partial charge in [-0.25, -0.2) is 0 Å². The molecule has 0 aliphatic rings. The van der Waals surface area contributed by atoms with Gasteiger partial charge in [-0.1, -0.05) is 0 Å². The predicted octanol–water partition coefficient (Wildman–Crippen LogP) is 1.91. The Morgan fingerprint density at radius 1 is 1.43 bits per heavy atom. The topological polar surface area (TPSA) is 48.8 Å². The van der Waals surface area contributed by atoms with Gasteiger partial charge in [0.1, 0.15) is 0 Å². The minimum Gasteiger partial charge on any atom is -0.169 e. The predicted molar refractivity (Wildman–Crippen MR) is 34.5 cm³/mol. The van der Waals surface area contributed by atoms with Crippen LogP contribution in [0.2, 0.25) is 0 Å². The quantitative estimate of drug-likeness (QED) is 0.287. The Hall–Kier alpha value is -0.340. The van der Waals surface area contributed by atoms with Gasteiger partial charge in [0, 0.05) is 4.91 Å². The number of hydrogen-bond donors (Lipinski definition) is 0. The Morgan fingerprint density at radius 2 is 1.86 bits per heavy atom. The van der Waals surface area contributed by atoms with Crippen LogP contribution in [0.1, 0.15) is 0 Å². The Labute approximate surface area is 44.8 Å². The van der Waals surface area contributed by atoms with Crippen molar-refractivity contribution in [1.29, 1.82) is 0 Å². The zero-order valence-electron chi connectivity index (χ0n) is 4.75. The van der Waals surface area contributed by atoms with Crippen molar-refractivity contribution >= 4 is 10.2 Å². The lowest BCUT2D eigenvalue weighted by Gasteiger charge is -2.14. The molecule has 0 aromatic carbocycles. The molecule has 0 aromatic rings. The molecule has 0 saturated heterocycles. The fourth-order valence-corrected chi connectivity index (χ4v) is 0.329. The van der Waals surface area contributed by atoms with Gasteiger partial charge in [0.05, 0.1) is 0 Å². The minimum atomic E-state index is -0.966. The van der Waals surface area contributed by atoms with Crippen LogP contribution in [0.25, 0.3) is 10.4 Å². The Morgan fingerprint density at radius 3 is 1.86 bits per heavy atom. The van der Waals surface area contributed by atoms with Crippen LogP contribution >= 0.6 is 10.2 Å². The minimum absolute atomic E-state index is 0.966. The molecule has 7 heavy (non-hydrogen) atoms. The Balaban J connectivity index is 3.80. The van der Waals surface area contributed by atoms with Crippen molar-refractivity contribution in [2.24, 2.45) is 4.52 Å². The van der Waals surface area contributed by atoms with Crippen LogP contribution in [0.5, 0.6) is 0 Å². The van der Waals surface area contributed by atoms with E-state index in [1.165, 1.54) is 0 Å². The monoisotopic (exact) mass is 119 g/mol. The summed E-state index contributed by atoms with van der Waals surface area (Å²) < 4.78 is 3.52. The number of nitrogens with zero attached hydrogens (tertiary/aromatic N) is 3. The fraction of sp³-hybridized carbons (Fsp3) is 1.00. The molecular weight excluding hydrogens is 110 g/mol. The van der Waals surface area contributed by atoms with E-state index >= 15 is 0 Å². The highest BCUT2D eigenvalue weighted by atomic mass is 32.3. The summed E-state index contributed by atoms with van der Waals surface area (Å²) in [5.74, 6) is 0. The van der Waals surface area contributed by atoms with Crippen LogP contribution < -0.4 is 0 Å². The summed E-state index contributed by atoms with van der Waals surface area (Å²) in [4.78, 5) is 2.67. The highest BCUT2D eigenvalue weighted by Gasteiger charge is 1.95. The van der Waals surface area contributed by atoms with E-state index in [4.69, 9.17) is 5.53 Å². The molecular formula is C3H9N3S. The van der Waals surface area contributed by atoms with Gasteiger partial charge in [-0.05, 0) is 28.8 Å². The number of hydrogen-bond acceptors (Lipinski definition) is 1. The number of azide groups is 1. The maximum absolute atomic E-state index is 7.88. The second kappa shape index (κ2) is 2.09. The van der Waals surface area contributed by atoms with Gasteiger partial charge < -0.3 is 0 Å². The summed E-state index contributed by atoms with van der Waals surface area (Å²) in [6, 6.07) is 0. The molecule has 0 N–H and O–H groups in total. The molecule has 4 heteroatoms. The van der Waals surface area contributed by atoms with Gasteiger partial charge in [-0.2, -0.15) is 10.2 Å². The molecule has 0 bridgehead atoms. The van der Waals surface area contributed by atoms with E-state index in [2.05, 4.69) is 9.43 Å². The van der Waals surface area contributed by atoms with Crippen LogP contribution in [0.15, 0.2) is 4.52 Å². The largest absolute Gasteiger partial charge is 0.169 e. The molecule has 0 aliphatic carbocycles. The highest BCUT2D eigenvalue weighted by molar-refractivity contribution is 8.31. The van der Waals surface area contributed by atoms with E-state index in [1.54, 1.807) is 0 Å². The van der Waals surface area contributed by atoms with Gasteiger partial charge in [-0.15, -0.1) is 0 Å². The lowest BCUT2D eigenvalue weighted by molar-refractivity contribution is 1.72. The first-order valence-electron chi connectivity index (χ1n) is 1.81. The van der Waals surface area contributed by atoms with Crippen molar-refractivity contribution in [1.82, 2.24) is 0 Å². The second-order valence-electron chi connectivity index (χ2n) is 1.94. The molecule has 0 amide bonds. The zero-order chi connectivity index (χ0) is 5.91. The number of rotatable bonds is 1. The summed E-state index contributed by atoms with van der Waals surface area (Å²) in [5.41, 5.74) is 7.88. The van der Waals surface area contributed by atoms with E-state index in [0.717, 1.165) is 0 Å². The van der Waals surface area contributed by atoms with Crippen LogP contribution in [0.3, 0.4) is 0 Å². The molecule has 0 spiro atoms. The molecule has 0 saturated carbocycles. The Kier molecular flexibility index (Phi) is 1.99. The van der Waals surface area contributed by atoms with Gasteiger partial charge in [0.15, 0.2) is 0 Å². The molecule has 0 aliphatic heterocycles. The van der Waals surface area contributed by atoms with Crippen molar-refractivity contribution < 1.29 is 0 Å². The summed E-state index contributed by atoms with van der Waals surface area (Å²) in [6.45, 7) is 0. The summed E-state index contributed by atoms with van der Waals surface area (Å²) in [6.07, 6.45) is 5.81. The average Bonchev–Trinajstić information content (AvgIpc) is 1.30. The maximum atomic E-state index is 7.88. The van der Waals surface area contributed by atoms with Crippen LogP contribution in [0.4, 0.5) is 0 Å². The maximum Gasteiger partial charge on any atom is 0.00933 e. The average molecular weight is 119 g/mol. The summed E-state index contributed by atoms with van der Waals surface area (Å²) in [5, 5.41) is 0. The molecule has 0 heterocycles. The van der Waals surface area contributed by atoms with Crippen LogP contribution in [0, 0.1) is 0 Å². The van der Waals surface area contributed by atoms with Crippen LogP contribution in [-0.4, -0.2) is 18.8 Å². The van der Waals surface area contributed by atoms with E-state index in [0.29, 0.717) is 0 Å². The van der Waals surface area contributed by atoms with Gasteiger partial charge >= 0.3 is 0 Å². The van der Waals surface area contributed by atoms with Gasteiger partial charge in [-0.3, -0.25) is 0 Å². The molecule has 0 radical (unpaired) electrons. The van der Waals surface area contributed by atoms with Crippen molar-refractivity contribution in [3.63, 3.8) is 0 Å². The third-order valence-corrected chi connectivity index (χ3v) is 0.844. The molecule has 0 unspecified atom stereocenters. The second-order valence-corrected chi connectivity index (χ2v) is 5.65. The van der Waals surface area contributed by atoms with Crippen molar-refractivity contribution in [2.75, 3.05) is 18.8 Å². The molecule has 42 valence electrons. The van der Waals surface area contributed by atoms with E-state index < -0.39 is 10.2 Å². The van der Waals surface area contributed by atoms with E-state index in [1.807, 2.05) is 18.8 Å². The first-order chi connectivity index (χ1) is 3.06. The van der Waals surface area contributed by atoms with E-state index in [-0.39, 0.29) is 0 Å². The molecule has 0 fully saturated rings. The van der Waals surface area contributed by atoms with Crippen LogP contribution in [-0.2, 0) is 0 Å². The summed E-state index contributed by atoms with van der Waals surface area (Å²) in [7, 11) is -0.966. The standard InChI is InChI=1S/C3H9N3S/c1-7(2,3)6-5-4/h1-3H3. The van der Waals surface area contributed by atoms with Crippen molar-refractivity contribution in [3.8, 4) is 0 Å². The SMILES string of the molecule is CS(C)(C)N=[N+]=[N-]. The normalized spacial score (nSPS) is 12.4. The Bertz CT molecular complexity index is 97.2. The first-order valence-corrected chi connectivity index (χ1v) is 4.62. The molecule has 3 nitrogen and oxygen atoms in total. The highest BCUT2D eigenvalue weighted by Crippen LogP contribution is 2.35.